The fraction of sp³-hybridized carbons (Fsp3) is 0.467. The van der Waals surface area contributed by atoms with Crippen molar-refractivity contribution in [3.05, 3.63) is 34.4 Å². The molecule has 0 spiro atoms. The molecule has 1 amide bonds. The van der Waals surface area contributed by atoms with Gasteiger partial charge in [-0.2, -0.15) is 0 Å². The van der Waals surface area contributed by atoms with Crippen LogP contribution in [0.3, 0.4) is 0 Å². The van der Waals surface area contributed by atoms with Crippen LogP contribution in [0.1, 0.15) is 0 Å². The van der Waals surface area contributed by atoms with Crippen molar-refractivity contribution in [2.75, 3.05) is 39.4 Å². The summed E-state index contributed by atoms with van der Waals surface area (Å²) < 4.78 is 11.9. The molecule has 1 aromatic carbocycles. The quantitative estimate of drug-likeness (QED) is 0.345. The van der Waals surface area contributed by atoms with Gasteiger partial charge in [-0.1, -0.05) is 21.8 Å². The van der Waals surface area contributed by atoms with E-state index in [-0.39, 0.29) is 17.5 Å². The third-order valence-electron chi connectivity index (χ3n) is 4.07. The molecule has 2 saturated heterocycles. The van der Waals surface area contributed by atoms with Gasteiger partial charge in [0, 0.05) is 31.8 Å². The molecule has 128 valence electrons. The lowest BCUT2D eigenvalue weighted by Gasteiger charge is -2.27. The Morgan fingerprint density at radius 3 is 2.58 bits per heavy atom. The SMILES string of the molecule is C=[N+](c1ccccc1[N+](=O)[O-])N1CC(CN2CCOCC2)OC1=O. The van der Waals surface area contributed by atoms with Crippen molar-refractivity contribution in [1.82, 2.24) is 9.91 Å². The maximum atomic E-state index is 12.1. The van der Waals surface area contributed by atoms with Crippen molar-refractivity contribution in [3.63, 3.8) is 0 Å². The fourth-order valence-electron chi connectivity index (χ4n) is 2.84. The first-order chi connectivity index (χ1) is 11.6. The van der Waals surface area contributed by atoms with Crippen LogP contribution in [-0.4, -0.2) is 77.8 Å². The van der Waals surface area contributed by atoms with Crippen LogP contribution in [0.25, 0.3) is 0 Å². The summed E-state index contributed by atoms with van der Waals surface area (Å²) in [5, 5.41) is 12.4. The molecule has 2 aliphatic rings. The Morgan fingerprint density at radius 1 is 1.25 bits per heavy atom. The molecule has 2 heterocycles. The number of hydrazine groups is 1. The van der Waals surface area contributed by atoms with Crippen molar-refractivity contribution in [1.29, 1.82) is 0 Å². The lowest BCUT2D eigenvalue weighted by atomic mass is 10.2. The molecule has 2 fully saturated rings. The highest BCUT2D eigenvalue weighted by molar-refractivity contribution is 5.69. The van der Waals surface area contributed by atoms with Crippen LogP contribution in [-0.2, 0) is 9.47 Å². The van der Waals surface area contributed by atoms with Crippen LogP contribution in [0.2, 0.25) is 0 Å². The second kappa shape index (κ2) is 6.93. The molecule has 0 aliphatic carbocycles. The zero-order valence-corrected chi connectivity index (χ0v) is 13.2. The van der Waals surface area contributed by atoms with E-state index in [1.807, 2.05) is 0 Å². The Bertz CT molecular complexity index is 659. The van der Waals surface area contributed by atoms with E-state index in [0.29, 0.717) is 26.3 Å². The van der Waals surface area contributed by atoms with Crippen molar-refractivity contribution in [2.24, 2.45) is 0 Å². The molecule has 2 aliphatic heterocycles. The van der Waals surface area contributed by atoms with E-state index in [1.165, 1.54) is 15.8 Å². The number of morpholine rings is 1. The fourth-order valence-corrected chi connectivity index (χ4v) is 2.84. The lowest BCUT2D eigenvalue weighted by Crippen LogP contribution is -2.42. The molecule has 1 unspecified atom stereocenters. The van der Waals surface area contributed by atoms with E-state index in [0.717, 1.165) is 13.1 Å². The number of benzene rings is 1. The first-order valence-electron chi connectivity index (χ1n) is 7.68. The van der Waals surface area contributed by atoms with E-state index in [4.69, 9.17) is 9.47 Å². The largest absolute Gasteiger partial charge is 0.464 e. The number of nitrogens with zero attached hydrogens (tertiary/aromatic N) is 4. The number of carbonyl (C=O) groups excluding carboxylic acids is 1. The Balaban J connectivity index is 1.69. The number of cyclic esters (lactones) is 1. The average Bonchev–Trinajstić information content (AvgIpc) is 2.95. The van der Waals surface area contributed by atoms with Crippen molar-refractivity contribution in [2.45, 2.75) is 6.10 Å². The molecule has 9 nitrogen and oxygen atoms in total. The second-order valence-electron chi connectivity index (χ2n) is 5.65. The summed E-state index contributed by atoms with van der Waals surface area (Å²) in [4.78, 5) is 24.9. The molecule has 0 N–H and O–H groups in total. The average molecular weight is 335 g/mol. The molecule has 9 heteroatoms. The van der Waals surface area contributed by atoms with Gasteiger partial charge >= 0.3 is 17.5 Å². The normalized spacial score (nSPS) is 21.6. The Morgan fingerprint density at radius 2 is 1.92 bits per heavy atom. The van der Waals surface area contributed by atoms with Crippen molar-refractivity contribution in [3.8, 4) is 0 Å². The number of nitro benzene ring substituents is 1. The maximum Gasteiger partial charge on any atom is 0.464 e. The van der Waals surface area contributed by atoms with E-state index >= 15 is 0 Å². The number of nitro groups is 1. The Kier molecular flexibility index (Phi) is 4.72. The van der Waals surface area contributed by atoms with Gasteiger partial charge in [0.1, 0.15) is 12.6 Å². The molecule has 0 aromatic heterocycles. The number of rotatable bonds is 5. The number of ether oxygens (including phenoxy) is 2. The van der Waals surface area contributed by atoms with Gasteiger partial charge in [-0.3, -0.25) is 15.0 Å². The summed E-state index contributed by atoms with van der Waals surface area (Å²) >= 11 is 0. The molecule has 0 radical (unpaired) electrons. The zero-order chi connectivity index (χ0) is 17.1. The minimum atomic E-state index is -0.554. The van der Waals surface area contributed by atoms with E-state index in [1.54, 1.807) is 18.2 Å². The number of amides is 1. The Labute approximate surface area is 138 Å². The first-order valence-corrected chi connectivity index (χ1v) is 7.68. The van der Waals surface area contributed by atoms with E-state index in [9.17, 15) is 14.9 Å². The topological polar surface area (TPSA) is 88.2 Å². The predicted molar refractivity (Wildman–Crippen MR) is 84.4 cm³/mol. The van der Waals surface area contributed by atoms with Gasteiger partial charge in [-0.05, 0) is 0 Å². The maximum absolute atomic E-state index is 12.1. The molecular formula is C15H19N4O5+. The second-order valence-corrected chi connectivity index (χ2v) is 5.65. The summed E-state index contributed by atoms with van der Waals surface area (Å²) in [6.07, 6.45) is -0.857. The van der Waals surface area contributed by atoms with Crippen LogP contribution in [0.4, 0.5) is 16.2 Å². The highest BCUT2D eigenvalue weighted by Crippen LogP contribution is 2.28. The number of hydrogen-bond donors (Lipinski definition) is 0. The minimum Gasteiger partial charge on any atom is -0.439 e. The highest BCUT2D eigenvalue weighted by atomic mass is 16.6. The molecule has 0 bridgehead atoms. The summed E-state index contributed by atoms with van der Waals surface area (Å²) in [5.74, 6) is 0. The van der Waals surface area contributed by atoms with Crippen molar-refractivity contribution < 1.29 is 23.9 Å². The monoisotopic (exact) mass is 335 g/mol. The van der Waals surface area contributed by atoms with Gasteiger partial charge < -0.3 is 9.47 Å². The standard InChI is InChI=1S/C15H19N4O5/c1-16(13-4-2-3-5-14(13)19(21)22)18-11-12(24-15(18)20)10-17-6-8-23-9-7-17/h2-5,12H,1,6-11H2/q+1. The lowest BCUT2D eigenvalue weighted by molar-refractivity contribution is -0.593. The Hall–Kier alpha value is -2.52. The van der Waals surface area contributed by atoms with Gasteiger partial charge in [0.2, 0.25) is 0 Å². The van der Waals surface area contributed by atoms with Gasteiger partial charge in [-0.15, -0.1) is 0 Å². The number of carbonyl (C=O) groups is 1. The van der Waals surface area contributed by atoms with Crippen LogP contribution < -0.4 is 0 Å². The molecule has 1 aromatic rings. The third-order valence-corrected chi connectivity index (χ3v) is 4.07. The van der Waals surface area contributed by atoms with Gasteiger partial charge in [0.15, 0.2) is 6.72 Å². The summed E-state index contributed by atoms with van der Waals surface area (Å²) in [6.45, 7) is 7.62. The smallest absolute Gasteiger partial charge is 0.439 e. The number of para-hydroxylation sites is 2. The van der Waals surface area contributed by atoms with Crippen molar-refractivity contribution >= 4 is 24.2 Å². The molecule has 1 atom stereocenters. The van der Waals surface area contributed by atoms with Crippen LogP contribution in [0, 0.1) is 10.1 Å². The molecular weight excluding hydrogens is 316 g/mol. The predicted octanol–water partition coefficient (Wildman–Crippen LogP) is 1.01. The number of hydrazone groups is 1. The molecule has 3 rings (SSSR count). The van der Waals surface area contributed by atoms with Crippen LogP contribution in [0.5, 0.6) is 0 Å². The third kappa shape index (κ3) is 3.36. The van der Waals surface area contributed by atoms with E-state index < -0.39 is 11.0 Å². The number of hydrogen-bond acceptors (Lipinski definition) is 6. The van der Waals surface area contributed by atoms with Crippen LogP contribution >= 0.6 is 0 Å². The molecule has 0 saturated carbocycles. The van der Waals surface area contributed by atoms with Gasteiger partial charge in [0.25, 0.3) is 0 Å². The first kappa shape index (κ1) is 16.3. The highest BCUT2D eigenvalue weighted by Gasteiger charge is 2.41. The van der Waals surface area contributed by atoms with E-state index in [2.05, 4.69) is 11.6 Å². The zero-order valence-electron chi connectivity index (χ0n) is 13.2. The summed E-state index contributed by atoms with van der Waals surface area (Å²) in [5.41, 5.74) is 0.128. The summed E-state index contributed by atoms with van der Waals surface area (Å²) in [6, 6.07) is 6.15. The van der Waals surface area contributed by atoms with Gasteiger partial charge in [-0.25, -0.2) is 4.79 Å². The molecule has 24 heavy (non-hydrogen) atoms. The minimum absolute atomic E-state index is 0.114. The van der Waals surface area contributed by atoms with Crippen LogP contribution in [0.15, 0.2) is 24.3 Å². The van der Waals surface area contributed by atoms with Gasteiger partial charge in [0.05, 0.1) is 18.1 Å². The summed E-state index contributed by atoms with van der Waals surface area (Å²) in [7, 11) is 0.